The molecule has 0 aromatic heterocycles. The van der Waals surface area contributed by atoms with E-state index in [1.165, 1.54) is 7.11 Å². The molecule has 1 aliphatic heterocycles. The van der Waals surface area contributed by atoms with Crippen LogP contribution in [0, 0.1) is 0 Å². The highest BCUT2D eigenvalue weighted by molar-refractivity contribution is 5.97. The van der Waals surface area contributed by atoms with Gasteiger partial charge < -0.3 is 24.3 Å². The minimum Gasteiger partial charge on any atom is -0.497 e. The van der Waals surface area contributed by atoms with Crippen molar-refractivity contribution in [1.82, 2.24) is 0 Å². The van der Waals surface area contributed by atoms with Gasteiger partial charge >= 0.3 is 0 Å². The van der Waals surface area contributed by atoms with Gasteiger partial charge in [0.1, 0.15) is 24.7 Å². The first-order chi connectivity index (χ1) is 13.6. The van der Waals surface area contributed by atoms with E-state index in [0.717, 1.165) is 0 Å². The molecular formula is C21H23NO6. The molecule has 0 aliphatic carbocycles. The molecule has 2 aromatic carbocycles. The molecule has 2 aromatic rings. The molecule has 28 heavy (non-hydrogen) atoms. The monoisotopic (exact) mass is 385 g/mol. The number of hydrogen-bond acceptors (Lipinski definition) is 6. The largest absolute Gasteiger partial charge is 0.497 e. The number of anilines is 1. The van der Waals surface area contributed by atoms with Gasteiger partial charge in [0.2, 0.25) is 5.91 Å². The van der Waals surface area contributed by atoms with Crippen LogP contribution < -0.4 is 24.3 Å². The van der Waals surface area contributed by atoms with Crippen molar-refractivity contribution in [3.8, 4) is 23.0 Å². The van der Waals surface area contributed by atoms with Gasteiger partial charge in [-0.2, -0.15) is 0 Å². The Morgan fingerprint density at radius 1 is 0.964 bits per heavy atom. The second-order valence-electron chi connectivity index (χ2n) is 6.25. The number of rotatable bonds is 8. The van der Waals surface area contributed by atoms with Crippen LogP contribution in [0.2, 0.25) is 0 Å². The van der Waals surface area contributed by atoms with E-state index < -0.39 is 0 Å². The quantitative estimate of drug-likeness (QED) is 0.701. The molecule has 0 unspecified atom stereocenters. The summed E-state index contributed by atoms with van der Waals surface area (Å²) in [5.74, 6) is 2.16. The molecule has 7 nitrogen and oxygen atoms in total. The number of carbonyl (C=O) groups is 2. The van der Waals surface area contributed by atoms with Crippen LogP contribution in [0.25, 0.3) is 0 Å². The van der Waals surface area contributed by atoms with Gasteiger partial charge in [0, 0.05) is 24.5 Å². The Kier molecular flexibility index (Phi) is 6.37. The lowest BCUT2D eigenvalue weighted by Gasteiger charge is -2.18. The molecule has 0 radical (unpaired) electrons. The zero-order valence-electron chi connectivity index (χ0n) is 15.9. The molecular weight excluding hydrogens is 362 g/mol. The highest BCUT2D eigenvalue weighted by atomic mass is 16.6. The van der Waals surface area contributed by atoms with Crippen molar-refractivity contribution in [2.45, 2.75) is 19.3 Å². The highest BCUT2D eigenvalue weighted by Crippen LogP contribution is 2.31. The Balaban J connectivity index is 1.52. The van der Waals surface area contributed by atoms with Crippen LogP contribution in [0.3, 0.4) is 0 Å². The first-order valence-corrected chi connectivity index (χ1v) is 9.05. The molecule has 0 saturated heterocycles. The Labute approximate surface area is 163 Å². The minimum atomic E-state index is -0.193. The van der Waals surface area contributed by atoms with E-state index in [4.69, 9.17) is 18.9 Å². The van der Waals surface area contributed by atoms with Gasteiger partial charge in [0.25, 0.3) is 0 Å². The molecule has 0 atom stereocenters. The summed E-state index contributed by atoms with van der Waals surface area (Å²) < 4.78 is 21.4. The van der Waals surface area contributed by atoms with Crippen LogP contribution in [0.5, 0.6) is 23.0 Å². The zero-order chi connectivity index (χ0) is 19.9. The molecule has 1 heterocycles. The topological polar surface area (TPSA) is 83.1 Å². The number of Topliss-reactive ketones (excluding diaryl/α,β-unsaturated/α-hetero) is 1. The Bertz CT molecular complexity index is 864. The molecule has 0 saturated carbocycles. The highest BCUT2D eigenvalue weighted by Gasteiger charge is 2.15. The Hall–Kier alpha value is -3.22. The third-order valence-corrected chi connectivity index (χ3v) is 4.35. The predicted octanol–water partition coefficient (Wildman–Crippen LogP) is 3.47. The average Bonchev–Trinajstić information content (AvgIpc) is 2.73. The van der Waals surface area contributed by atoms with E-state index in [9.17, 15) is 9.59 Å². The maximum atomic E-state index is 12.4. The van der Waals surface area contributed by atoms with Gasteiger partial charge in [-0.05, 0) is 36.8 Å². The van der Waals surface area contributed by atoms with Crippen molar-refractivity contribution in [3.05, 3.63) is 42.0 Å². The number of hydrogen-bond donors (Lipinski definition) is 1. The molecule has 7 heteroatoms. The number of nitrogens with one attached hydrogen (secondary N) is 1. The summed E-state index contributed by atoms with van der Waals surface area (Å²) in [7, 11) is 3.08. The predicted molar refractivity (Wildman–Crippen MR) is 104 cm³/mol. The summed E-state index contributed by atoms with van der Waals surface area (Å²) in [4.78, 5) is 24.6. The van der Waals surface area contributed by atoms with Crippen molar-refractivity contribution >= 4 is 17.4 Å². The first-order valence-electron chi connectivity index (χ1n) is 9.05. The normalized spacial score (nSPS) is 12.2. The molecule has 1 N–H and O–H groups in total. The van der Waals surface area contributed by atoms with Gasteiger partial charge in [-0.25, -0.2) is 0 Å². The third-order valence-electron chi connectivity index (χ3n) is 4.35. The fourth-order valence-electron chi connectivity index (χ4n) is 2.90. The molecule has 0 bridgehead atoms. The first kappa shape index (κ1) is 19.5. The van der Waals surface area contributed by atoms with Crippen LogP contribution in [-0.4, -0.2) is 39.1 Å². The molecule has 148 valence electrons. The fourth-order valence-corrected chi connectivity index (χ4v) is 2.90. The van der Waals surface area contributed by atoms with Crippen molar-refractivity contribution in [1.29, 1.82) is 0 Å². The van der Waals surface area contributed by atoms with E-state index in [0.29, 0.717) is 53.9 Å². The van der Waals surface area contributed by atoms with Gasteiger partial charge in [-0.3, -0.25) is 9.59 Å². The summed E-state index contributed by atoms with van der Waals surface area (Å²) in [5, 5.41) is 2.80. The average molecular weight is 385 g/mol. The summed E-state index contributed by atoms with van der Waals surface area (Å²) in [6, 6.07) is 10.3. The SMILES string of the molecule is COc1ccc(OC)c(NC(=O)CCCC(=O)c2ccc3c(c2)OCCO3)c1. The standard InChI is InChI=1S/C21H23NO6/c1-25-15-7-9-18(26-2)16(13-15)22-21(24)5-3-4-17(23)14-6-8-19-20(12-14)28-11-10-27-19/h6-9,12-13H,3-5,10-11H2,1-2H3,(H,22,24). The van der Waals surface area contributed by atoms with E-state index in [1.807, 2.05) is 0 Å². The van der Waals surface area contributed by atoms with Gasteiger partial charge in [0.05, 0.1) is 19.9 Å². The minimum absolute atomic E-state index is 0.0382. The van der Waals surface area contributed by atoms with Crippen LogP contribution in [0.1, 0.15) is 29.6 Å². The van der Waals surface area contributed by atoms with Crippen LogP contribution in [-0.2, 0) is 4.79 Å². The molecule has 3 rings (SSSR count). The summed E-state index contributed by atoms with van der Waals surface area (Å²) in [6.07, 6.45) is 0.921. The van der Waals surface area contributed by atoms with Crippen molar-refractivity contribution in [3.63, 3.8) is 0 Å². The summed E-state index contributed by atoms with van der Waals surface area (Å²) in [6.45, 7) is 0.978. The lowest BCUT2D eigenvalue weighted by atomic mass is 10.0. The van der Waals surface area contributed by atoms with E-state index in [-0.39, 0.29) is 24.5 Å². The lowest BCUT2D eigenvalue weighted by Crippen LogP contribution is -2.16. The van der Waals surface area contributed by atoms with E-state index >= 15 is 0 Å². The second kappa shape index (κ2) is 9.12. The number of benzene rings is 2. The van der Waals surface area contributed by atoms with E-state index in [1.54, 1.807) is 43.5 Å². The van der Waals surface area contributed by atoms with Crippen molar-refractivity contribution in [2.75, 3.05) is 32.8 Å². The number of methoxy groups -OCH3 is 2. The molecule has 1 aliphatic rings. The summed E-state index contributed by atoms with van der Waals surface area (Å²) in [5.41, 5.74) is 1.09. The molecule has 1 amide bonds. The number of ether oxygens (including phenoxy) is 4. The maximum Gasteiger partial charge on any atom is 0.224 e. The summed E-state index contributed by atoms with van der Waals surface area (Å²) >= 11 is 0. The zero-order valence-corrected chi connectivity index (χ0v) is 15.9. The van der Waals surface area contributed by atoms with Crippen molar-refractivity contribution in [2.24, 2.45) is 0 Å². The van der Waals surface area contributed by atoms with Gasteiger partial charge in [0.15, 0.2) is 17.3 Å². The van der Waals surface area contributed by atoms with E-state index in [2.05, 4.69) is 5.32 Å². The lowest BCUT2D eigenvalue weighted by molar-refractivity contribution is -0.116. The number of ketones is 1. The van der Waals surface area contributed by atoms with Gasteiger partial charge in [-0.15, -0.1) is 0 Å². The Morgan fingerprint density at radius 2 is 1.75 bits per heavy atom. The van der Waals surface area contributed by atoms with Crippen molar-refractivity contribution < 1.29 is 28.5 Å². The Morgan fingerprint density at radius 3 is 2.50 bits per heavy atom. The van der Waals surface area contributed by atoms with Crippen LogP contribution >= 0.6 is 0 Å². The number of amides is 1. The van der Waals surface area contributed by atoms with Crippen LogP contribution in [0.4, 0.5) is 5.69 Å². The third kappa shape index (κ3) is 4.73. The van der Waals surface area contributed by atoms with Crippen LogP contribution in [0.15, 0.2) is 36.4 Å². The number of carbonyl (C=O) groups excluding carboxylic acids is 2. The fraction of sp³-hybridized carbons (Fsp3) is 0.333. The molecule has 0 spiro atoms. The smallest absolute Gasteiger partial charge is 0.224 e. The second-order valence-corrected chi connectivity index (χ2v) is 6.25. The molecule has 0 fully saturated rings. The maximum absolute atomic E-state index is 12.4. The number of fused-ring (bicyclic) bond motifs is 1. The van der Waals surface area contributed by atoms with Gasteiger partial charge in [-0.1, -0.05) is 0 Å².